The molecule has 0 spiro atoms. The summed E-state index contributed by atoms with van der Waals surface area (Å²) >= 11 is 0. The third-order valence-corrected chi connectivity index (χ3v) is 2.22. The topological polar surface area (TPSA) is 47.4 Å². The van der Waals surface area contributed by atoms with Crippen LogP contribution in [-0.4, -0.2) is 15.7 Å². The van der Waals surface area contributed by atoms with Crippen LogP contribution in [0.15, 0.2) is 54.1 Å². The van der Waals surface area contributed by atoms with Crippen molar-refractivity contribution in [3.63, 3.8) is 0 Å². The molecule has 2 rings (SSSR count). The van der Waals surface area contributed by atoms with Gasteiger partial charge in [0.15, 0.2) is 6.61 Å². The summed E-state index contributed by atoms with van der Waals surface area (Å²) in [5, 5.41) is 4.03. The first-order valence-corrected chi connectivity index (χ1v) is 7.33. The Morgan fingerprint density at radius 1 is 1.05 bits per heavy atom. The summed E-state index contributed by atoms with van der Waals surface area (Å²) in [6.45, 7) is 10.3. The van der Waals surface area contributed by atoms with E-state index in [9.17, 15) is 0 Å². The smallest absolute Gasteiger partial charge is 0.159 e. The van der Waals surface area contributed by atoms with E-state index in [-0.39, 0.29) is 0 Å². The first-order valence-electron chi connectivity index (χ1n) is 7.33. The van der Waals surface area contributed by atoms with Gasteiger partial charge in [0.2, 0.25) is 0 Å². The van der Waals surface area contributed by atoms with Crippen molar-refractivity contribution in [2.45, 2.75) is 41.2 Å². The van der Waals surface area contributed by atoms with Gasteiger partial charge >= 0.3 is 0 Å². The molecule has 21 heavy (non-hydrogen) atoms. The van der Waals surface area contributed by atoms with E-state index in [0.29, 0.717) is 6.61 Å². The van der Waals surface area contributed by atoms with Crippen LogP contribution in [0.25, 0.3) is 0 Å². The standard InChI is InChI=1S/C13H13N3O.2C2H6/c1-11(12-5-4-7-14-9-12)16-17-10-13-6-2-3-8-15-13;2*1-2/h2-9H,10H2,1H3;2*1-2H3/b16-11+;;. The molecule has 0 atom stereocenters. The number of nitrogens with zero attached hydrogens (tertiary/aromatic N) is 3. The predicted molar refractivity (Wildman–Crippen MR) is 88.2 cm³/mol. The van der Waals surface area contributed by atoms with Gasteiger partial charge in [-0.25, -0.2) is 0 Å². The lowest BCUT2D eigenvalue weighted by atomic mass is 10.2. The molecule has 0 fully saturated rings. The monoisotopic (exact) mass is 287 g/mol. The van der Waals surface area contributed by atoms with Crippen LogP contribution >= 0.6 is 0 Å². The van der Waals surface area contributed by atoms with E-state index < -0.39 is 0 Å². The Bertz CT molecular complexity index is 484. The Balaban J connectivity index is 0.000000921. The van der Waals surface area contributed by atoms with Crippen molar-refractivity contribution in [1.82, 2.24) is 9.97 Å². The summed E-state index contributed by atoms with van der Waals surface area (Å²) in [6, 6.07) is 9.50. The number of pyridine rings is 2. The maximum Gasteiger partial charge on any atom is 0.159 e. The van der Waals surface area contributed by atoms with Crippen LogP contribution in [0.1, 0.15) is 45.9 Å². The minimum atomic E-state index is 0.373. The van der Waals surface area contributed by atoms with Crippen molar-refractivity contribution in [2.24, 2.45) is 5.16 Å². The van der Waals surface area contributed by atoms with Crippen LogP contribution in [-0.2, 0) is 11.4 Å². The summed E-state index contributed by atoms with van der Waals surface area (Å²) in [7, 11) is 0. The highest BCUT2D eigenvalue weighted by molar-refractivity contribution is 5.97. The molecule has 0 radical (unpaired) electrons. The van der Waals surface area contributed by atoms with E-state index in [1.807, 2.05) is 65.0 Å². The molecule has 114 valence electrons. The Kier molecular flexibility index (Phi) is 11.4. The molecule has 0 aromatic carbocycles. The fourth-order valence-corrected chi connectivity index (χ4v) is 1.31. The van der Waals surface area contributed by atoms with Crippen LogP contribution in [0.4, 0.5) is 0 Å². The number of hydrogen-bond donors (Lipinski definition) is 0. The average Bonchev–Trinajstić information content (AvgIpc) is 2.60. The Labute approximate surface area is 127 Å². The molecule has 2 aromatic rings. The fraction of sp³-hybridized carbons (Fsp3) is 0.353. The molecule has 0 saturated carbocycles. The first-order chi connectivity index (χ1) is 10.4. The van der Waals surface area contributed by atoms with E-state index >= 15 is 0 Å². The van der Waals surface area contributed by atoms with Gasteiger partial charge in [-0.05, 0) is 31.2 Å². The lowest BCUT2D eigenvalue weighted by Crippen LogP contribution is -1.97. The van der Waals surface area contributed by atoms with Crippen LogP contribution in [0.3, 0.4) is 0 Å². The molecule has 4 nitrogen and oxygen atoms in total. The maximum atomic E-state index is 5.23. The molecule has 0 saturated heterocycles. The third-order valence-electron chi connectivity index (χ3n) is 2.22. The van der Waals surface area contributed by atoms with Crippen molar-refractivity contribution in [1.29, 1.82) is 0 Å². The molecule has 0 bridgehead atoms. The van der Waals surface area contributed by atoms with Crippen molar-refractivity contribution >= 4 is 5.71 Å². The van der Waals surface area contributed by atoms with Crippen LogP contribution in [0.2, 0.25) is 0 Å². The van der Waals surface area contributed by atoms with Gasteiger partial charge in [-0.2, -0.15) is 0 Å². The van der Waals surface area contributed by atoms with Gasteiger partial charge in [-0.15, -0.1) is 0 Å². The van der Waals surface area contributed by atoms with Crippen molar-refractivity contribution in [3.05, 3.63) is 60.2 Å². The fourth-order valence-electron chi connectivity index (χ4n) is 1.31. The Hall–Kier alpha value is -2.23. The van der Waals surface area contributed by atoms with Crippen LogP contribution < -0.4 is 0 Å². The highest BCUT2D eigenvalue weighted by atomic mass is 16.6. The molecule has 2 aromatic heterocycles. The summed E-state index contributed by atoms with van der Waals surface area (Å²) in [6.07, 6.45) is 5.21. The van der Waals surface area contributed by atoms with Gasteiger partial charge in [0, 0.05) is 24.2 Å². The molecule has 4 heteroatoms. The minimum absolute atomic E-state index is 0.373. The Morgan fingerprint density at radius 2 is 1.81 bits per heavy atom. The number of hydrogen-bond acceptors (Lipinski definition) is 4. The van der Waals surface area contributed by atoms with Crippen molar-refractivity contribution in [2.75, 3.05) is 0 Å². The van der Waals surface area contributed by atoms with Gasteiger partial charge in [-0.3, -0.25) is 9.97 Å². The minimum Gasteiger partial charge on any atom is -0.389 e. The molecule has 2 heterocycles. The second kappa shape index (κ2) is 12.8. The van der Waals surface area contributed by atoms with E-state index in [1.165, 1.54) is 0 Å². The third kappa shape index (κ3) is 7.82. The first kappa shape index (κ1) is 18.8. The molecule has 0 aliphatic heterocycles. The molecule has 0 amide bonds. The summed E-state index contributed by atoms with van der Waals surface area (Å²) in [5.74, 6) is 0. The zero-order valence-electron chi connectivity index (χ0n) is 13.6. The number of rotatable bonds is 4. The number of oxime groups is 1. The van der Waals surface area contributed by atoms with E-state index in [0.717, 1.165) is 17.0 Å². The van der Waals surface area contributed by atoms with Gasteiger partial charge in [0.1, 0.15) is 0 Å². The quantitative estimate of drug-likeness (QED) is 0.615. The van der Waals surface area contributed by atoms with E-state index in [2.05, 4.69) is 15.1 Å². The average molecular weight is 287 g/mol. The second-order valence-corrected chi connectivity index (χ2v) is 3.51. The summed E-state index contributed by atoms with van der Waals surface area (Å²) in [5.41, 5.74) is 2.61. The molecule has 0 unspecified atom stereocenters. The van der Waals surface area contributed by atoms with Gasteiger partial charge < -0.3 is 4.84 Å². The van der Waals surface area contributed by atoms with E-state index in [1.54, 1.807) is 18.6 Å². The van der Waals surface area contributed by atoms with Gasteiger partial charge in [0.25, 0.3) is 0 Å². The summed E-state index contributed by atoms with van der Waals surface area (Å²) < 4.78 is 0. The van der Waals surface area contributed by atoms with Gasteiger partial charge in [0.05, 0.1) is 11.4 Å². The normalized spacial score (nSPS) is 9.67. The van der Waals surface area contributed by atoms with E-state index in [4.69, 9.17) is 4.84 Å². The molecule has 0 aliphatic carbocycles. The predicted octanol–water partition coefficient (Wildman–Crippen LogP) is 4.47. The maximum absolute atomic E-state index is 5.23. The van der Waals surface area contributed by atoms with Gasteiger partial charge in [-0.1, -0.05) is 38.9 Å². The highest BCUT2D eigenvalue weighted by Crippen LogP contribution is 2.01. The lowest BCUT2D eigenvalue weighted by Gasteiger charge is -2.01. The largest absolute Gasteiger partial charge is 0.389 e. The molecular weight excluding hydrogens is 262 g/mol. The van der Waals surface area contributed by atoms with Crippen molar-refractivity contribution in [3.8, 4) is 0 Å². The Morgan fingerprint density at radius 3 is 2.38 bits per heavy atom. The molecule has 0 N–H and O–H groups in total. The van der Waals surface area contributed by atoms with Crippen molar-refractivity contribution < 1.29 is 4.84 Å². The SMILES string of the molecule is C/C(=N\OCc1ccccn1)c1cccnc1.CC.CC. The molecular formula is C17H25N3O. The van der Waals surface area contributed by atoms with Crippen LogP contribution in [0.5, 0.6) is 0 Å². The zero-order valence-corrected chi connectivity index (χ0v) is 13.6. The van der Waals surface area contributed by atoms with Crippen LogP contribution in [0, 0.1) is 0 Å². The molecule has 0 aliphatic rings. The summed E-state index contributed by atoms with van der Waals surface area (Å²) in [4.78, 5) is 13.4. The second-order valence-electron chi connectivity index (χ2n) is 3.51. The highest BCUT2D eigenvalue weighted by Gasteiger charge is 1.97. The lowest BCUT2D eigenvalue weighted by molar-refractivity contribution is 0.128. The zero-order chi connectivity index (χ0) is 15.9. The number of aromatic nitrogens is 2.